The first-order valence-electron chi connectivity index (χ1n) is 12.4. The predicted molar refractivity (Wildman–Crippen MR) is 131 cm³/mol. The summed E-state index contributed by atoms with van der Waals surface area (Å²) in [5.74, 6) is 1.63. The lowest BCUT2D eigenvalue weighted by atomic mass is 9.64. The van der Waals surface area contributed by atoms with Crippen molar-refractivity contribution in [3.05, 3.63) is 83.5 Å². The van der Waals surface area contributed by atoms with E-state index in [9.17, 15) is 0 Å². The van der Waals surface area contributed by atoms with E-state index in [-0.39, 0.29) is 11.5 Å². The molecule has 0 heterocycles. The van der Waals surface area contributed by atoms with Gasteiger partial charge in [-0.25, -0.2) is 8.78 Å². The Hall–Kier alpha value is -2.22. The van der Waals surface area contributed by atoms with E-state index in [1.165, 1.54) is 31.2 Å². The molecule has 4 rings (SSSR count). The van der Waals surface area contributed by atoms with E-state index in [1.54, 1.807) is 12.1 Å². The summed E-state index contributed by atoms with van der Waals surface area (Å²) < 4.78 is 30.2. The summed E-state index contributed by atoms with van der Waals surface area (Å²) in [6, 6.07) is 10.9. The van der Waals surface area contributed by atoms with Gasteiger partial charge in [0.25, 0.3) is 0 Å². The maximum Gasteiger partial charge on any atom is 0.134 e. The van der Waals surface area contributed by atoms with Gasteiger partial charge in [-0.3, -0.25) is 0 Å². The molecule has 0 N–H and O–H groups in total. The molecule has 2 aliphatic rings. The zero-order valence-electron chi connectivity index (χ0n) is 19.5. The number of benzene rings is 2. The quantitative estimate of drug-likeness (QED) is 0.398. The Morgan fingerprint density at radius 1 is 0.844 bits per heavy atom. The molecule has 32 heavy (non-hydrogen) atoms. The Kier molecular flexibility index (Phi) is 7.60. The molecule has 0 saturated heterocycles. The Labute approximate surface area is 192 Å². The Morgan fingerprint density at radius 2 is 1.53 bits per heavy atom. The van der Waals surface area contributed by atoms with E-state index >= 15 is 8.78 Å². The summed E-state index contributed by atoms with van der Waals surface area (Å²) in [4.78, 5) is 0. The molecule has 2 aromatic rings. The topological polar surface area (TPSA) is 0 Å². The van der Waals surface area contributed by atoms with Gasteiger partial charge >= 0.3 is 0 Å². The van der Waals surface area contributed by atoms with Crippen molar-refractivity contribution in [1.82, 2.24) is 0 Å². The van der Waals surface area contributed by atoms with E-state index in [1.807, 2.05) is 37.3 Å². The van der Waals surface area contributed by atoms with Gasteiger partial charge < -0.3 is 0 Å². The Morgan fingerprint density at radius 3 is 2.22 bits per heavy atom. The molecule has 2 aromatic carbocycles. The van der Waals surface area contributed by atoms with Crippen molar-refractivity contribution < 1.29 is 8.78 Å². The van der Waals surface area contributed by atoms with Crippen LogP contribution in [0.4, 0.5) is 8.78 Å². The summed E-state index contributed by atoms with van der Waals surface area (Å²) in [6.07, 6.45) is 17.7. The van der Waals surface area contributed by atoms with Crippen LogP contribution >= 0.6 is 0 Å². The highest BCUT2D eigenvalue weighted by Crippen LogP contribution is 2.48. The highest BCUT2D eigenvalue weighted by molar-refractivity contribution is 5.65. The van der Waals surface area contributed by atoms with Crippen LogP contribution in [0, 0.1) is 29.4 Å². The van der Waals surface area contributed by atoms with Gasteiger partial charge in [-0.1, -0.05) is 48.6 Å². The summed E-state index contributed by atoms with van der Waals surface area (Å²) in [7, 11) is 0. The van der Waals surface area contributed by atoms with E-state index in [0.29, 0.717) is 11.5 Å². The number of aryl methyl sites for hydroxylation is 1. The molecule has 2 aliphatic carbocycles. The lowest BCUT2D eigenvalue weighted by Gasteiger charge is -2.42. The first-order chi connectivity index (χ1) is 15.6. The van der Waals surface area contributed by atoms with Crippen molar-refractivity contribution in [2.75, 3.05) is 0 Å². The fourth-order valence-electron chi connectivity index (χ4n) is 6.03. The summed E-state index contributed by atoms with van der Waals surface area (Å²) in [5, 5.41) is 0. The maximum absolute atomic E-state index is 15.1. The van der Waals surface area contributed by atoms with E-state index in [2.05, 4.69) is 25.2 Å². The smallest absolute Gasteiger partial charge is 0.134 e. The van der Waals surface area contributed by atoms with Crippen LogP contribution < -0.4 is 0 Å². The van der Waals surface area contributed by atoms with Crippen molar-refractivity contribution in [3.8, 4) is 11.1 Å². The van der Waals surface area contributed by atoms with E-state index < -0.39 is 11.6 Å². The highest BCUT2D eigenvalue weighted by Gasteiger charge is 2.35. The minimum atomic E-state index is -0.430. The fraction of sp³-hybridized carbons (Fsp3) is 0.467. The second kappa shape index (κ2) is 10.6. The van der Waals surface area contributed by atoms with Gasteiger partial charge in [-0.2, -0.15) is 0 Å². The fourth-order valence-corrected chi connectivity index (χ4v) is 6.03. The third kappa shape index (κ3) is 5.22. The molecule has 0 spiro atoms. The van der Waals surface area contributed by atoms with Gasteiger partial charge in [0.05, 0.1) is 5.56 Å². The van der Waals surface area contributed by atoms with Crippen LogP contribution in [0.1, 0.15) is 75.8 Å². The van der Waals surface area contributed by atoms with Gasteiger partial charge in [0.2, 0.25) is 0 Å². The Balaban J connectivity index is 1.46. The molecular weight excluding hydrogens is 398 g/mol. The summed E-state index contributed by atoms with van der Waals surface area (Å²) >= 11 is 0. The standard InChI is InChI=1S/C30H36F2/c1-3-5-6-8-21-9-12-23(13-10-21)30-28(31)19-27(20-29(30)32)26-16-15-24-17-22(7-4-2)11-14-25(24)18-26/h3-5,7,9-10,12-13,19-20,22,24-26H,6,8,11,14-18H2,1-2H3/b5-3+,7-4+. The van der Waals surface area contributed by atoms with E-state index in [4.69, 9.17) is 0 Å². The third-order valence-corrected chi connectivity index (χ3v) is 7.73. The first kappa shape index (κ1) is 23.0. The van der Waals surface area contributed by atoms with Crippen LogP contribution in [-0.4, -0.2) is 0 Å². The lowest BCUT2D eigenvalue weighted by Crippen LogP contribution is -2.30. The SMILES string of the molecule is C/C=C/CCc1ccc(-c2c(F)cc(C3CCC4CC(/C=C/C)CCC4C3)cc2F)cc1. The number of rotatable bonds is 6. The van der Waals surface area contributed by atoms with Crippen LogP contribution in [0.2, 0.25) is 0 Å². The van der Waals surface area contributed by atoms with Crippen molar-refractivity contribution in [1.29, 1.82) is 0 Å². The Bertz CT molecular complexity index is 930. The predicted octanol–water partition coefficient (Wildman–Crippen LogP) is 9.02. The number of allylic oxidation sites excluding steroid dienone is 4. The lowest BCUT2D eigenvalue weighted by molar-refractivity contribution is 0.133. The van der Waals surface area contributed by atoms with E-state index in [0.717, 1.165) is 43.1 Å². The molecule has 0 aromatic heterocycles. The largest absolute Gasteiger partial charge is 0.206 e. The summed E-state index contributed by atoms with van der Waals surface area (Å²) in [6.45, 7) is 4.12. The van der Waals surface area contributed by atoms with Crippen LogP contribution in [0.3, 0.4) is 0 Å². The van der Waals surface area contributed by atoms with Gasteiger partial charge in [0, 0.05) is 0 Å². The molecule has 0 amide bonds. The van der Waals surface area contributed by atoms with Crippen LogP contribution in [-0.2, 0) is 6.42 Å². The van der Waals surface area contributed by atoms with Crippen molar-refractivity contribution in [3.63, 3.8) is 0 Å². The second-order valence-corrected chi connectivity index (χ2v) is 9.79. The first-order valence-corrected chi connectivity index (χ1v) is 12.4. The van der Waals surface area contributed by atoms with Crippen LogP contribution in [0.5, 0.6) is 0 Å². The number of hydrogen-bond donors (Lipinski definition) is 0. The average molecular weight is 435 g/mol. The van der Waals surface area contributed by atoms with Crippen molar-refractivity contribution in [2.45, 2.75) is 71.1 Å². The van der Waals surface area contributed by atoms with Crippen LogP contribution in [0.15, 0.2) is 60.7 Å². The molecule has 0 nitrogen and oxygen atoms in total. The molecule has 0 aliphatic heterocycles. The molecule has 2 fully saturated rings. The van der Waals surface area contributed by atoms with Crippen LogP contribution in [0.25, 0.3) is 11.1 Å². The van der Waals surface area contributed by atoms with Gasteiger partial charge in [0.1, 0.15) is 11.6 Å². The normalized spacial score (nSPS) is 26.0. The molecule has 4 unspecified atom stereocenters. The third-order valence-electron chi connectivity index (χ3n) is 7.73. The number of fused-ring (bicyclic) bond motifs is 1. The van der Waals surface area contributed by atoms with Gasteiger partial charge in [-0.15, -0.1) is 0 Å². The zero-order valence-corrected chi connectivity index (χ0v) is 19.5. The molecule has 0 bridgehead atoms. The molecule has 170 valence electrons. The van der Waals surface area contributed by atoms with Gasteiger partial charge in [0.15, 0.2) is 0 Å². The molecule has 2 heteroatoms. The number of hydrogen-bond acceptors (Lipinski definition) is 0. The molecule has 0 radical (unpaired) electrons. The van der Waals surface area contributed by atoms with Gasteiger partial charge in [-0.05, 0) is 118 Å². The second-order valence-electron chi connectivity index (χ2n) is 9.79. The monoisotopic (exact) mass is 434 g/mol. The minimum Gasteiger partial charge on any atom is -0.206 e. The summed E-state index contributed by atoms with van der Waals surface area (Å²) in [5.41, 5.74) is 2.76. The molecule has 2 saturated carbocycles. The van der Waals surface area contributed by atoms with Crippen molar-refractivity contribution in [2.24, 2.45) is 17.8 Å². The maximum atomic E-state index is 15.1. The minimum absolute atomic E-state index is 0.106. The highest BCUT2D eigenvalue weighted by atomic mass is 19.1. The zero-order chi connectivity index (χ0) is 22.5. The molecular formula is C30H36F2. The average Bonchev–Trinajstić information content (AvgIpc) is 2.79. The number of halogens is 2. The molecule has 4 atom stereocenters. The van der Waals surface area contributed by atoms with Crippen molar-refractivity contribution >= 4 is 0 Å².